The second kappa shape index (κ2) is 5.27. The molecule has 2 aromatic rings. The Labute approximate surface area is 105 Å². The highest BCUT2D eigenvalue weighted by Gasteiger charge is 2.13. The largest absolute Gasteiger partial charge is 0.480 e. The maximum atomic E-state index is 11.0. The summed E-state index contributed by atoms with van der Waals surface area (Å²) < 4.78 is 5.53. The first kappa shape index (κ1) is 12.0. The smallest absolute Gasteiger partial charge is 0.258 e. The summed E-state index contributed by atoms with van der Waals surface area (Å²) in [7, 11) is 0. The number of hydrogen-bond donors (Lipinski definition) is 1. The molecule has 1 atom stereocenters. The van der Waals surface area contributed by atoms with Crippen LogP contribution in [0.25, 0.3) is 11.1 Å². The summed E-state index contributed by atoms with van der Waals surface area (Å²) in [6.07, 6.45) is 4.14. The molecule has 0 bridgehead atoms. The van der Waals surface area contributed by atoms with Crippen molar-refractivity contribution in [1.29, 1.82) is 0 Å². The second-order valence-electron chi connectivity index (χ2n) is 3.79. The van der Waals surface area contributed by atoms with Crippen LogP contribution in [0.4, 0.5) is 0 Å². The van der Waals surface area contributed by atoms with Gasteiger partial charge in [0.05, 0.1) is 0 Å². The van der Waals surface area contributed by atoms with Gasteiger partial charge in [0.2, 0.25) is 0 Å². The fourth-order valence-electron chi connectivity index (χ4n) is 1.49. The lowest BCUT2D eigenvalue weighted by atomic mass is 10.1. The molecule has 0 saturated carbocycles. The molecule has 2 rings (SSSR count). The Morgan fingerprint density at radius 2 is 1.94 bits per heavy atom. The van der Waals surface area contributed by atoms with Crippen molar-refractivity contribution in [2.75, 3.05) is 0 Å². The molecule has 1 aromatic heterocycles. The van der Waals surface area contributed by atoms with Crippen LogP contribution in [0.15, 0.2) is 43.0 Å². The van der Waals surface area contributed by atoms with E-state index in [-0.39, 0.29) is 0 Å². The fourth-order valence-corrected chi connectivity index (χ4v) is 1.49. The Bertz CT molecular complexity index is 543. The molecule has 1 amide bonds. The first-order valence-electron chi connectivity index (χ1n) is 5.49. The molecular weight excluding hydrogens is 230 g/mol. The highest BCUT2D eigenvalue weighted by atomic mass is 16.5. The summed E-state index contributed by atoms with van der Waals surface area (Å²) in [6, 6.07) is 7.37. The maximum absolute atomic E-state index is 11.0. The van der Waals surface area contributed by atoms with Crippen LogP contribution in [-0.2, 0) is 4.79 Å². The predicted octanol–water partition coefficient (Wildman–Crippen LogP) is 1.40. The van der Waals surface area contributed by atoms with Gasteiger partial charge >= 0.3 is 0 Å². The van der Waals surface area contributed by atoms with Gasteiger partial charge in [0.1, 0.15) is 12.1 Å². The number of aromatic nitrogens is 2. The number of nitrogens with zero attached hydrogens (tertiary/aromatic N) is 2. The van der Waals surface area contributed by atoms with Crippen LogP contribution in [0.5, 0.6) is 5.75 Å². The van der Waals surface area contributed by atoms with E-state index >= 15 is 0 Å². The van der Waals surface area contributed by atoms with E-state index in [0.717, 1.165) is 11.1 Å². The zero-order valence-corrected chi connectivity index (χ0v) is 9.91. The molecule has 0 fully saturated rings. The molecular formula is C13H13N3O2. The Balaban J connectivity index is 2.35. The van der Waals surface area contributed by atoms with E-state index in [9.17, 15) is 4.79 Å². The van der Waals surface area contributed by atoms with Gasteiger partial charge in [-0.1, -0.05) is 18.2 Å². The lowest BCUT2D eigenvalue weighted by Gasteiger charge is -2.14. The topological polar surface area (TPSA) is 78.1 Å². The lowest BCUT2D eigenvalue weighted by molar-refractivity contribution is -0.123. The minimum Gasteiger partial charge on any atom is -0.480 e. The minimum absolute atomic E-state index is 0.505. The van der Waals surface area contributed by atoms with E-state index in [1.807, 2.05) is 18.2 Å². The van der Waals surface area contributed by atoms with E-state index in [4.69, 9.17) is 10.5 Å². The van der Waals surface area contributed by atoms with Gasteiger partial charge in [0, 0.05) is 23.5 Å². The van der Waals surface area contributed by atoms with Gasteiger partial charge in [-0.3, -0.25) is 4.79 Å². The molecule has 5 heteroatoms. The Kier molecular flexibility index (Phi) is 3.52. The third-order valence-corrected chi connectivity index (χ3v) is 2.46. The second-order valence-corrected chi connectivity index (χ2v) is 3.79. The van der Waals surface area contributed by atoms with Crippen molar-refractivity contribution in [3.63, 3.8) is 0 Å². The van der Waals surface area contributed by atoms with Crippen molar-refractivity contribution in [2.24, 2.45) is 5.73 Å². The molecule has 92 valence electrons. The van der Waals surface area contributed by atoms with Crippen molar-refractivity contribution in [3.8, 4) is 16.9 Å². The van der Waals surface area contributed by atoms with Crippen LogP contribution >= 0.6 is 0 Å². The van der Waals surface area contributed by atoms with Crippen LogP contribution < -0.4 is 10.5 Å². The summed E-state index contributed by atoms with van der Waals surface area (Å²) >= 11 is 0. The molecule has 0 aliphatic heterocycles. The van der Waals surface area contributed by atoms with E-state index in [2.05, 4.69) is 9.97 Å². The van der Waals surface area contributed by atoms with Gasteiger partial charge in [-0.05, 0) is 13.0 Å². The summed E-state index contributed by atoms with van der Waals surface area (Å²) in [6.45, 7) is 1.61. The lowest BCUT2D eigenvalue weighted by Crippen LogP contribution is -2.30. The monoisotopic (exact) mass is 243 g/mol. The zero-order valence-electron chi connectivity index (χ0n) is 9.91. The van der Waals surface area contributed by atoms with Crippen LogP contribution in [0.2, 0.25) is 0 Å². The van der Waals surface area contributed by atoms with Crippen molar-refractivity contribution >= 4 is 5.91 Å². The van der Waals surface area contributed by atoms with Gasteiger partial charge in [-0.15, -0.1) is 0 Å². The number of hydrogen-bond acceptors (Lipinski definition) is 4. The number of amides is 1. The summed E-state index contributed by atoms with van der Waals surface area (Å²) in [5.74, 6) is 0.0766. The van der Waals surface area contributed by atoms with Crippen molar-refractivity contribution in [3.05, 3.63) is 43.0 Å². The number of rotatable bonds is 4. The molecule has 5 nitrogen and oxygen atoms in total. The Hall–Kier alpha value is -2.43. The van der Waals surface area contributed by atoms with Crippen molar-refractivity contribution in [2.45, 2.75) is 13.0 Å². The number of carbonyl (C=O) groups excluding carboxylic acids is 1. The number of nitrogens with two attached hydrogens (primary N) is 1. The van der Waals surface area contributed by atoms with E-state index in [1.54, 1.807) is 25.4 Å². The molecule has 1 heterocycles. The highest BCUT2D eigenvalue weighted by molar-refractivity contribution is 5.79. The quantitative estimate of drug-likeness (QED) is 0.880. The Morgan fingerprint density at radius 3 is 2.61 bits per heavy atom. The van der Waals surface area contributed by atoms with Gasteiger partial charge in [0.15, 0.2) is 6.10 Å². The van der Waals surface area contributed by atoms with E-state index in [1.165, 1.54) is 6.33 Å². The first-order chi connectivity index (χ1) is 8.68. The van der Waals surface area contributed by atoms with E-state index < -0.39 is 12.0 Å². The average Bonchev–Trinajstić information content (AvgIpc) is 2.40. The van der Waals surface area contributed by atoms with Gasteiger partial charge < -0.3 is 10.5 Å². The number of carbonyl (C=O) groups is 1. The first-order valence-corrected chi connectivity index (χ1v) is 5.49. The number of primary amides is 1. The summed E-state index contributed by atoms with van der Waals surface area (Å²) in [4.78, 5) is 18.9. The minimum atomic E-state index is -0.684. The standard InChI is InChI=1S/C13H13N3O2/c1-9(13(14)17)18-12-5-3-2-4-11(12)10-6-15-8-16-7-10/h2-9H,1H3,(H2,14,17)/t9-/m1/s1. The Morgan fingerprint density at radius 1 is 1.28 bits per heavy atom. The third kappa shape index (κ3) is 2.63. The molecule has 2 N–H and O–H groups in total. The number of benzene rings is 1. The van der Waals surface area contributed by atoms with Crippen LogP contribution in [-0.4, -0.2) is 22.0 Å². The highest BCUT2D eigenvalue weighted by Crippen LogP contribution is 2.29. The molecule has 0 radical (unpaired) electrons. The van der Waals surface area contributed by atoms with Gasteiger partial charge in [0.25, 0.3) is 5.91 Å². The summed E-state index contributed by atoms with van der Waals surface area (Å²) in [5, 5.41) is 0. The normalized spacial score (nSPS) is 11.8. The van der Waals surface area contributed by atoms with Crippen LogP contribution in [0, 0.1) is 0 Å². The SMILES string of the molecule is C[C@@H](Oc1ccccc1-c1cncnc1)C(N)=O. The number of ether oxygens (including phenoxy) is 1. The molecule has 0 aliphatic rings. The predicted molar refractivity (Wildman–Crippen MR) is 66.8 cm³/mol. The third-order valence-electron chi connectivity index (χ3n) is 2.46. The number of para-hydroxylation sites is 1. The molecule has 0 aliphatic carbocycles. The van der Waals surface area contributed by atoms with Gasteiger partial charge in [-0.25, -0.2) is 9.97 Å². The molecule has 0 saturated heterocycles. The zero-order chi connectivity index (χ0) is 13.0. The van der Waals surface area contributed by atoms with Crippen LogP contribution in [0.1, 0.15) is 6.92 Å². The van der Waals surface area contributed by atoms with Crippen LogP contribution in [0.3, 0.4) is 0 Å². The molecule has 1 aromatic carbocycles. The van der Waals surface area contributed by atoms with Crippen molar-refractivity contribution < 1.29 is 9.53 Å². The maximum Gasteiger partial charge on any atom is 0.258 e. The average molecular weight is 243 g/mol. The van der Waals surface area contributed by atoms with Crippen molar-refractivity contribution in [1.82, 2.24) is 9.97 Å². The van der Waals surface area contributed by atoms with Gasteiger partial charge in [-0.2, -0.15) is 0 Å². The summed E-state index contributed by atoms with van der Waals surface area (Å²) in [5.41, 5.74) is 6.83. The molecule has 0 spiro atoms. The molecule has 0 unspecified atom stereocenters. The van der Waals surface area contributed by atoms with E-state index in [0.29, 0.717) is 5.75 Å². The molecule has 18 heavy (non-hydrogen) atoms. The fraction of sp³-hybridized carbons (Fsp3) is 0.154.